The summed E-state index contributed by atoms with van der Waals surface area (Å²) in [6, 6.07) is 18.5. The van der Waals surface area contributed by atoms with E-state index in [-0.39, 0.29) is 24.7 Å². The number of nitrogens with zero attached hydrogens (tertiary/aromatic N) is 1. The Morgan fingerprint density at radius 2 is 1.69 bits per heavy atom. The molecule has 2 aromatic carbocycles. The van der Waals surface area contributed by atoms with Crippen molar-refractivity contribution in [3.05, 3.63) is 76.1 Å². The van der Waals surface area contributed by atoms with Crippen LogP contribution >= 0.6 is 22.9 Å². The third kappa shape index (κ3) is 4.64. The van der Waals surface area contributed by atoms with Gasteiger partial charge in [-0.3, -0.25) is 14.7 Å². The minimum Gasteiger partial charge on any atom is -0.324 e. The van der Waals surface area contributed by atoms with Crippen molar-refractivity contribution in [1.82, 2.24) is 10.2 Å². The number of thiophene rings is 1. The molecule has 0 aliphatic heterocycles. The molecule has 2 aromatic heterocycles. The van der Waals surface area contributed by atoms with E-state index in [0.29, 0.717) is 16.5 Å². The molecule has 6 nitrogen and oxygen atoms in total. The standard InChI is InChI=1S/C21H17ClN4O2S/c22-16-8-4-5-9-17(16)23-19(28)12-14-11-15-20(25-26-21(15)29-14)24-18(27)10-13-6-2-1-3-7-13/h1-9,11H,10,12H2,(H,23,28)(H2,24,25,26,27). The zero-order valence-corrected chi connectivity index (χ0v) is 16.8. The van der Waals surface area contributed by atoms with Gasteiger partial charge >= 0.3 is 0 Å². The van der Waals surface area contributed by atoms with Crippen molar-refractivity contribution in [2.24, 2.45) is 0 Å². The monoisotopic (exact) mass is 424 g/mol. The fraction of sp³-hybridized carbons (Fsp3) is 0.0952. The number of carbonyl (C=O) groups is 2. The van der Waals surface area contributed by atoms with E-state index in [1.54, 1.807) is 18.2 Å². The third-order valence-corrected chi connectivity index (χ3v) is 5.62. The molecule has 0 spiro atoms. The second kappa shape index (κ2) is 8.46. The van der Waals surface area contributed by atoms with Crippen LogP contribution in [0.2, 0.25) is 5.02 Å². The maximum Gasteiger partial charge on any atom is 0.229 e. The summed E-state index contributed by atoms with van der Waals surface area (Å²) in [5.74, 6) is 0.238. The van der Waals surface area contributed by atoms with Gasteiger partial charge in [0.1, 0.15) is 10.6 Å². The molecule has 146 valence electrons. The molecule has 0 bridgehead atoms. The summed E-state index contributed by atoms with van der Waals surface area (Å²) in [6.45, 7) is 0. The van der Waals surface area contributed by atoms with Gasteiger partial charge < -0.3 is 10.6 Å². The predicted molar refractivity (Wildman–Crippen MR) is 117 cm³/mol. The molecule has 2 heterocycles. The van der Waals surface area contributed by atoms with Gasteiger partial charge in [0.2, 0.25) is 11.8 Å². The van der Waals surface area contributed by atoms with Gasteiger partial charge in [0.15, 0.2) is 0 Å². The molecule has 2 amide bonds. The molecular weight excluding hydrogens is 408 g/mol. The predicted octanol–water partition coefficient (Wildman–Crippen LogP) is 4.64. The van der Waals surface area contributed by atoms with Crippen molar-refractivity contribution in [3.63, 3.8) is 0 Å². The number of carbonyl (C=O) groups excluding carboxylic acids is 2. The van der Waals surface area contributed by atoms with Crippen LogP contribution in [0.15, 0.2) is 60.7 Å². The van der Waals surface area contributed by atoms with Crippen molar-refractivity contribution in [2.45, 2.75) is 12.8 Å². The number of rotatable bonds is 6. The Labute approximate surface area is 175 Å². The lowest BCUT2D eigenvalue weighted by molar-refractivity contribution is -0.116. The van der Waals surface area contributed by atoms with Crippen LogP contribution in [0.4, 0.5) is 11.5 Å². The molecule has 0 fully saturated rings. The van der Waals surface area contributed by atoms with Gasteiger partial charge in [-0.15, -0.1) is 11.3 Å². The van der Waals surface area contributed by atoms with Crippen molar-refractivity contribution >= 4 is 56.5 Å². The number of nitrogens with one attached hydrogen (secondary N) is 3. The van der Waals surface area contributed by atoms with E-state index in [4.69, 9.17) is 11.6 Å². The van der Waals surface area contributed by atoms with Gasteiger partial charge in [-0.2, -0.15) is 5.10 Å². The lowest BCUT2D eigenvalue weighted by Crippen LogP contribution is -2.15. The number of fused-ring (bicyclic) bond motifs is 1. The van der Waals surface area contributed by atoms with E-state index < -0.39 is 0 Å². The highest BCUT2D eigenvalue weighted by molar-refractivity contribution is 7.18. The Morgan fingerprint density at radius 1 is 0.966 bits per heavy atom. The highest BCUT2D eigenvalue weighted by Crippen LogP contribution is 2.30. The highest BCUT2D eigenvalue weighted by atomic mass is 35.5. The van der Waals surface area contributed by atoms with Crippen LogP contribution in [0.1, 0.15) is 10.4 Å². The van der Waals surface area contributed by atoms with E-state index in [0.717, 1.165) is 20.7 Å². The first-order valence-electron chi connectivity index (χ1n) is 8.93. The van der Waals surface area contributed by atoms with Gasteiger partial charge in [0, 0.05) is 4.88 Å². The van der Waals surface area contributed by atoms with Gasteiger partial charge in [0.25, 0.3) is 0 Å². The van der Waals surface area contributed by atoms with Crippen molar-refractivity contribution in [3.8, 4) is 0 Å². The molecule has 29 heavy (non-hydrogen) atoms. The van der Waals surface area contributed by atoms with E-state index in [1.807, 2.05) is 42.5 Å². The molecular formula is C21H17ClN4O2S. The van der Waals surface area contributed by atoms with Crippen molar-refractivity contribution in [1.29, 1.82) is 0 Å². The SMILES string of the molecule is O=C(Cc1cc2c(NC(=O)Cc3ccccc3)[nH]nc2s1)Nc1ccccc1Cl. The Hall–Kier alpha value is -3.16. The van der Waals surface area contributed by atoms with Gasteiger partial charge in [-0.05, 0) is 23.8 Å². The normalized spacial score (nSPS) is 10.8. The van der Waals surface area contributed by atoms with Gasteiger partial charge in [0.05, 0.1) is 28.9 Å². The van der Waals surface area contributed by atoms with Crippen LogP contribution in [0.5, 0.6) is 0 Å². The molecule has 0 atom stereocenters. The number of aromatic nitrogens is 2. The summed E-state index contributed by atoms with van der Waals surface area (Å²) in [5, 5.41) is 14.0. The number of halogens is 1. The molecule has 3 N–H and O–H groups in total. The number of hydrogen-bond donors (Lipinski definition) is 3. The fourth-order valence-corrected chi connectivity index (χ4v) is 4.10. The van der Waals surface area contributed by atoms with Crippen LogP contribution in [0.3, 0.4) is 0 Å². The molecule has 4 aromatic rings. The Balaban J connectivity index is 1.42. The smallest absolute Gasteiger partial charge is 0.229 e. The summed E-state index contributed by atoms with van der Waals surface area (Å²) in [4.78, 5) is 26.2. The quantitative estimate of drug-likeness (QED) is 0.421. The number of amides is 2. The summed E-state index contributed by atoms with van der Waals surface area (Å²) in [7, 11) is 0. The van der Waals surface area contributed by atoms with Crippen LogP contribution in [-0.2, 0) is 22.4 Å². The zero-order chi connectivity index (χ0) is 20.2. The Morgan fingerprint density at radius 3 is 2.48 bits per heavy atom. The summed E-state index contributed by atoms with van der Waals surface area (Å²) < 4.78 is 0. The maximum absolute atomic E-state index is 12.3. The summed E-state index contributed by atoms with van der Waals surface area (Å²) >= 11 is 7.48. The number of benzene rings is 2. The van der Waals surface area contributed by atoms with Gasteiger partial charge in [-0.1, -0.05) is 54.1 Å². The molecule has 0 saturated heterocycles. The lowest BCUT2D eigenvalue weighted by Gasteiger charge is -2.05. The Kier molecular flexibility index (Phi) is 5.59. The summed E-state index contributed by atoms with van der Waals surface area (Å²) in [6.07, 6.45) is 0.474. The second-order valence-electron chi connectivity index (χ2n) is 6.45. The first kappa shape index (κ1) is 19.2. The fourth-order valence-electron chi connectivity index (χ4n) is 2.92. The lowest BCUT2D eigenvalue weighted by atomic mass is 10.1. The van der Waals surface area contributed by atoms with Crippen LogP contribution in [0.25, 0.3) is 10.2 Å². The molecule has 4 rings (SSSR count). The second-order valence-corrected chi connectivity index (χ2v) is 7.97. The number of hydrogen-bond acceptors (Lipinski definition) is 4. The highest BCUT2D eigenvalue weighted by Gasteiger charge is 2.15. The van der Waals surface area contributed by atoms with Crippen molar-refractivity contribution < 1.29 is 9.59 Å². The first-order valence-corrected chi connectivity index (χ1v) is 10.1. The van der Waals surface area contributed by atoms with Crippen molar-refractivity contribution in [2.75, 3.05) is 10.6 Å². The van der Waals surface area contributed by atoms with Crippen LogP contribution < -0.4 is 10.6 Å². The average molecular weight is 425 g/mol. The van der Waals surface area contributed by atoms with E-state index in [2.05, 4.69) is 20.8 Å². The molecule has 0 unspecified atom stereocenters. The minimum absolute atomic E-state index is 0.133. The third-order valence-electron chi connectivity index (χ3n) is 4.26. The molecule has 0 radical (unpaired) electrons. The van der Waals surface area contributed by atoms with Crippen LogP contribution in [-0.4, -0.2) is 22.0 Å². The van der Waals surface area contributed by atoms with E-state index in [1.165, 1.54) is 11.3 Å². The zero-order valence-electron chi connectivity index (χ0n) is 15.2. The number of para-hydroxylation sites is 1. The minimum atomic E-state index is -0.166. The Bertz CT molecular complexity index is 1170. The molecule has 8 heteroatoms. The molecule has 0 aliphatic rings. The number of H-pyrrole nitrogens is 1. The van der Waals surface area contributed by atoms with E-state index >= 15 is 0 Å². The average Bonchev–Trinajstić information content (AvgIpc) is 3.25. The van der Waals surface area contributed by atoms with E-state index in [9.17, 15) is 9.59 Å². The first-order chi connectivity index (χ1) is 14.1. The maximum atomic E-state index is 12.3. The van der Waals surface area contributed by atoms with Crippen LogP contribution in [0, 0.1) is 0 Å². The summed E-state index contributed by atoms with van der Waals surface area (Å²) in [5.41, 5.74) is 1.51. The molecule has 0 aliphatic carbocycles. The molecule has 0 saturated carbocycles. The largest absolute Gasteiger partial charge is 0.324 e. The number of aromatic amines is 1. The van der Waals surface area contributed by atoms with Gasteiger partial charge in [-0.25, -0.2) is 0 Å². The topological polar surface area (TPSA) is 86.9 Å². The number of anilines is 2.